The van der Waals surface area contributed by atoms with Crippen molar-refractivity contribution in [2.75, 3.05) is 6.26 Å². The minimum absolute atomic E-state index is 0.187. The average Bonchev–Trinajstić information content (AvgIpc) is 2.89. The van der Waals surface area contributed by atoms with Gasteiger partial charge in [0, 0.05) is 23.3 Å². The van der Waals surface area contributed by atoms with Crippen LogP contribution in [-0.2, 0) is 6.18 Å². The number of nitrogens with one attached hydrogen (secondary N) is 1. The third-order valence-electron chi connectivity index (χ3n) is 3.28. The molecule has 0 saturated carbocycles. The number of hydrogen-bond donors (Lipinski definition) is 1. The maximum absolute atomic E-state index is 13.8. The molecule has 3 nitrogen and oxygen atoms in total. The van der Waals surface area contributed by atoms with Crippen molar-refractivity contribution in [2.24, 2.45) is 0 Å². The van der Waals surface area contributed by atoms with Crippen LogP contribution in [0.3, 0.4) is 0 Å². The fourth-order valence-corrected chi connectivity index (χ4v) is 3.08. The number of alkyl halides is 3. The molecule has 0 aliphatic rings. The van der Waals surface area contributed by atoms with Crippen LogP contribution in [0.2, 0.25) is 5.28 Å². The van der Waals surface area contributed by atoms with Crippen molar-refractivity contribution in [1.82, 2.24) is 15.0 Å². The number of halogens is 5. The first kappa shape index (κ1) is 16.1. The zero-order valence-corrected chi connectivity index (χ0v) is 13.1. The molecule has 120 valence electrons. The molecule has 0 spiro atoms. The highest BCUT2D eigenvalue weighted by Crippen LogP contribution is 2.40. The lowest BCUT2D eigenvalue weighted by atomic mass is 10.1. The molecule has 1 N–H and O–H groups in total. The Morgan fingerprint density at radius 2 is 2.00 bits per heavy atom. The van der Waals surface area contributed by atoms with Crippen LogP contribution in [0, 0.1) is 5.82 Å². The van der Waals surface area contributed by atoms with Gasteiger partial charge in [0.05, 0.1) is 16.1 Å². The van der Waals surface area contributed by atoms with E-state index in [1.807, 2.05) is 0 Å². The second kappa shape index (κ2) is 5.68. The van der Waals surface area contributed by atoms with E-state index in [4.69, 9.17) is 11.6 Å². The van der Waals surface area contributed by atoms with Crippen LogP contribution >= 0.6 is 23.4 Å². The van der Waals surface area contributed by atoms with Gasteiger partial charge in [-0.3, -0.25) is 0 Å². The highest BCUT2D eigenvalue weighted by molar-refractivity contribution is 7.98. The van der Waals surface area contributed by atoms with E-state index < -0.39 is 17.6 Å². The quantitative estimate of drug-likeness (QED) is 0.389. The topological polar surface area (TPSA) is 41.6 Å². The number of hydrogen-bond acceptors (Lipinski definition) is 3. The fourth-order valence-electron chi connectivity index (χ4n) is 2.32. The molecule has 0 aliphatic carbocycles. The number of aromatic nitrogens is 3. The first-order chi connectivity index (χ1) is 10.8. The SMILES string of the molecule is CSc1c(F)ccc2c(-c3nc(Cl)ncc3C(F)(F)F)c[nH]c12. The van der Waals surface area contributed by atoms with Gasteiger partial charge in [0.25, 0.3) is 0 Å². The standard InChI is InChI=1S/C14H8ClF4N3S/c1-23-12-9(16)3-2-6-7(4-20-11(6)12)10-8(14(17,18)19)5-21-13(15)22-10/h2-5,20H,1H3. The summed E-state index contributed by atoms with van der Waals surface area (Å²) < 4.78 is 53.3. The van der Waals surface area contributed by atoms with Crippen LogP contribution < -0.4 is 0 Å². The van der Waals surface area contributed by atoms with Gasteiger partial charge < -0.3 is 4.98 Å². The van der Waals surface area contributed by atoms with Crippen LogP contribution in [0.1, 0.15) is 5.56 Å². The van der Waals surface area contributed by atoms with Crippen LogP contribution in [-0.4, -0.2) is 21.2 Å². The monoisotopic (exact) mass is 361 g/mol. The van der Waals surface area contributed by atoms with Gasteiger partial charge in [-0.05, 0) is 30.0 Å². The number of nitrogens with zero attached hydrogens (tertiary/aromatic N) is 2. The molecule has 0 atom stereocenters. The summed E-state index contributed by atoms with van der Waals surface area (Å²) in [6.45, 7) is 0. The van der Waals surface area contributed by atoms with Gasteiger partial charge in [0.15, 0.2) is 0 Å². The lowest BCUT2D eigenvalue weighted by Crippen LogP contribution is -2.09. The molecular formula is C14H8ClF4N3S. The normalized spacial score (nSPS) is 12.1. The Balaban J connectivity index is 2.32. The molecule has 2 aromatic heterocycles. The Hall–Kier alpha value is -1.80. The van der Waals surface area contributed by atoms with Crippen molar-refractivity contribution in [2.45, 2.75) is 11.1 Å². The summed E-state index contributed by atoms with van der Waals surface area (Å²) >= 11 is 6.81. The summed E-state index contributed by atoms with van der Waals surface area (Å²) in [6.07, 6.45) is -0.951. The minimum atomic E-state index is -4.63. The maximum atomic E-state index is 13.8. The molecular weight excluding hydrogens is 354 g/mol. The van der Waals surface area contributed by atoms with Crippen molar-refractivity contribution in [3.63, 3.8) is 0 Å². The van der Waals surface area contributed by atoms with Crippen LogP contribution in [0.4, 0.5) is 17.6 Å². The maximum Gasteiger partial charge on any atom is 0.419 e. The molecule has 2 heterocycles. The molecule has 9 heteroatoms. The van der Waals surface area contributed by atoms with E-state index >= 15 is 0 Å². The lowest BCUT2D eigenvalue weighted by molar-refractivity contribution is -0.137. The van der Waals surface area contributed by atoms with Crippen molar-refractivity contribution in [1.29, 1.82) is 0 Å². The van der Waals surface area contributed by atoms with Crippen molar-refractivity contribution >= 4 is 34.3 Å². The van der Waals surface area contributed by atoms with Gasteiger partial charge in [-0.25, -0.2) is 14.4 Å². The Kier molecular flexibility index (Phi) is 3.97. The second-order valence-corrected chi connectivity index (χ2v) is 5.76. The molecule has 3 aromatic rings. The number of benzene rings is 1. The molecule has 1 aromatic carbocycles. The minimum Gasteiger partial charge on any atom is -0.359 e. The average molecular weight is 362 g/mol. The summed E-state index contributed by atoms with van der Waals surface area (Å²) in [5, 5.41) is 0.130. The van der Waals surface area contributed by atoms with Crippen molar-refractivity contribution in [3.8, 4) is 11.3 Å². The van der Waals surface area contributed by atoms with E-state index in [0.29, 0.717) is 22.0 Å². The number of aromatic amines is 1. The molecule has 0 amide bonds. The highest BCUT2D eigenvalue weighted by atomic mass is 35.5. The first-order valence-corrected chi connectivity index (χ1v) is 7.87. The Labute approximate surface area is 137 Å². The Morgan fingerprint density at radius 1 is 1.26 bits per heavy atom. The van der Waals surface area contributed by atoms with Crippen LogP contribution in [0.25, 0.3) is 22.2 Å². The molecule has 0 fully saturated rings. The highest BCUT2D eigenvalue weighted by Gasteiger charge is 2.36. The van der Waals surface area contributed by atoms with E-state index in [2.05, 4.69) is 15.0 Å². The van der Waals surface area contributed by atoms with E-state index in [-0.39, 0.29) is 16.5 Å². The summed E-state index contributed by atoms with van der Waals surface area (Å²) in [7, 11) is 0. The molecule has 0 bridgehead atoms. The number of thioether (sulfide) groups is 1. The number of rotatable bonds is 2. The van der Waals surface area contributed by atoms with E-state index in [9.17, 15) is 17.6 Å². The predicted octanol–water partition coefficient (Wildman–Crippen LogP) is 5.16. The lowest BCUT2D eigenvalue weighted by Gasteiger charge is -2.11. The van der Waals surface area contributed by atoms with E-state index in [1.54, 1.807) is 6.26 Å². The molecule has 0 radical (unpaired) electrons. The van der Waals surface area contributed by atoms with Gasteiger partial charge in [0.2, 0.25) is 5.28 Å². The Bertz CT molecular complexity index is 892. The summed E-state index contributed by atoms with van der Waals surface area (Å²) in [4.78, 5) is 10.3. The third-order valence-corrected chi connectivity index (χ3v) is 4.27. The summed E-state index contributed by atoms with van der Waals surface area (Å²) in [5.74, 6) is -0.449. The molecule has 23 heavy (non-hydrogen) atoms. The molecule has 0 aliphatic heterocycles. The largest absolute Gasteiger partial charge is 0.419 e. The Morgan fingerprint density at radius 3 is 2.65 bits per heavy atom. The van der Waals surface area contributed by atoms with Gasteiger partial charge in [-0.15, -0.1) is 11.8 Å². The smallest absolute Gasteiger partial charge is 0.359 e. The first-order valence-electron chi connectivity index (χ1n) is 6.26. The summed E-state index contributed by atoms with van der Waals surface area (Å²) in [5.41, 5.74) is -0.748. The zero-order chi connectivity index (χ0) is 16.8. The van der Waals surface area contributed by atoms with E-state index in [1.165, 1.54) is 18.3 Å². The number of fused-ring (bicyclic) bond motifs is 1. The molecule has 0 unspecified atom stereocenters. The van der Waals surface area contributed by atoms with Crippen molar-refractivity contribution < 1.29 is 17.6 Å². The summed E-state index contributed by atoms with van der Waals surface area (Å²) in [6, 6.07) is 2.62. The number of H-pyrrole nitrogens is 1. The second-order valence-electron chi connectivity index (χ2n) is 4.60. The van der Waals surface area contributed by atoms with Crippen molar-refractivity contribution in [3.05, 3.63) is 41.2 Å². The fraction of sp³-hybridized carbons (Fsp3) is 0.143. The molecule has 0 saturated heterocycles. The van der Waals surface area contributed by atoms with Gasteiger partial charge in [-0.1, -0.05) is 0 Å². The molecule has 3 rings (SSSR count). The van der Waals surface area contributed by atoms with E-state index in [0.717, 1.165) is 11.8 Å². The predicted molar refractivity (Wildman–Crippen MR) is 81.1 cm³/mol. The van der Waals surface area contributed by atoms with Crippen LogP contribution in [0.5, 0.6) is 0 Å². The third kappa shape index (κ3) is 2.76. The van der Waals surface area contributed by atoms with Gasteiger partial charge >= 0.3 is 6.18 Å². The zero-order valence-electron chi connectivity index (χ0n) is 11.5. The van der Waals surface area contributed by atoms with Gasteiger partial charge in [0.1, 0.15) is 11.4 Å². The van der Waals surface area contributed by atoms with Gasteiger partial charge in [-0.2, -0.15) is 13.2 Å². The van der Waals surface area contributed by atoms with Crippen LogP contribution in [0.15, 0.2) is 29.4 Å².